The molecule has 1 aliphatic heterocycles. The number of carbonyl (C=O) groups excluding carboxylic acids is 1. The summed E-state index contributed by atoms with van der Waals surface area (Å²) in [6.07, 6.45) is 0.275. The fourth-order valence-electron chi connectivity index (χ4n) is 1.68. The maximum Gasteiger partial charge on any atom is 0.172 e. The lowest BCUT2D eigenvalue weighted by molar-refractivity contribution is -0.138. The van der Waals surface area contributed by atoms with Gasteiger partial charge in [0.2, 0.25) is 0 Å². The highest BCUT2D eigenvalue weighted by atomic mass is 16.7. The molecule has 2 rings (SSSR count). The van der Waals surface area contributed by atoms with E-state index in [1.807, 2.05) is 18.2 Å². The predicted octanol–water partition coefficient (Wildman–Crippen LogP) is 2.02. The van der Waals surface area contributed by atoms with Gasteiger partial charge in [0, 0.05) is 5.56 Å². The first-order chi connectivity index (χ1) is 7.20. The van der Waals surface area contributed by atoms with Crippen LogP contribution in [0.25, 0.3) is 0 Å². The van der Waals surface area contributed by atoms with E-state index in [2.05, 4.69) is 0 Å². The van der Waals surface area contributed by atoms with Crippen LogP contribution >= 0.6 is 0 Å². The second-order valence-electron chi connectivity index (χ2n) is 3.80. The van der Waals surface area contributed by atoms with E-state index in [0.29, 0.717) is 18.8 Å². The fraction of sp³-hybridized carbons (Fsp3) is 0.417. The number of ketones is 1. The third kappa shape index (κ3) is 2.43. The van der Waals surface area contributed by atoms with Gasteiger partial charge in [-0.1, -0.05) is 30.3 Å². The van der Waals surface area contributed by atoms with Crippen LogP contribution in [0, 0.1) is 0 Å². The van der Waals surface area contributed by atoms with Gasteiger partial charge >= 0.3 is 0 Å². The summed E-state index contributed by atoms with van der Waals surface area (Å²) < 4.78 is 10.8. The Balaban J connectivity index is 2.04. The topological polar surface area (TPSA) is 35.5 Å². The second kappa shape index (κ2) is 4.13. The van der Waals surface area contributed by atoms with Crippen molar-refractivity contribution in [2.45, 2.75) is 19.1 Å². The Bertz CT molecular complexity index is 339. The van der Waals surface area contributed by atoms with Gasteiger partial charge in [0.1, 0.15) is 0 Å². The average Bonchev–Trinajstić information content (AvgIpc) is 2.66. The van der Waals surface area contributed by atoms with Crippen LogP contribution in [0.4, 0.5) is 0 Å². The molecule has 3 nitrogen and oxygen atoms in total. The standard InChI is InChI=1S/C12H14O3/c1-12(14-7-8-15-12)9-11(13)10-5-3-2-4-6-10/h2-6H,7-9H2,1H3. The van der Waals surface area contributed by atoms with Crippen LogP contribution in [0.1, 0.15) is 23.7 Å². The van der Waals surface area contributed by atoms with Gasteiger partial charge in [-0.2, -0.15) is 0 Å². The molecule has 1 aromatic carbocycles. The minimum Gasteiger partial charge on any atom is -0.347 e. The number of carbonyl (C=O) groups is 1. The minimum atomic E-state index is -0.729. The summed E-state index contributed by atoms with van der Waals surface area (Å²) in [6.45, 7) is 2.94. The summed E-state index contributed by atoms with van der Waals surface area (Å²) in [4.78, 5) is 11.8. The molecule has 1 aromatic rings. The highest BCUT2D eigenvalue weighted by Crippen LogP contribution is 2.24. The van der Waals surface area contributed by atoms with Crippen molar-refractivity contribution in [2.24, 2.45) is 0 Å². The maximum atomic E-state index is 11.8. The van der Waals surface area contributed by atoms with Crippen LogP contribution in [0.2, 0.25) is 0 Å². The van der Waals surface area contributed by atoms with Gasteiger partial charge in [-0.05, 0) is 6.92 Å². The first-order valence-corrected chi connectivity index (χ1v) is 5.06. The van der Waals surface area contributed by atoms with Gasteiger partial charge in [-0.25, -0.2) is 0 Å². The number of ether oxygens (including phenoxy) is 2. The molecule has 0 aromatic heterocycles. The number of hydrogen-bond donors (Lipinski definition) is 0. The van der Waals surface area contributed by atoms with Crippen molar-refractivity contribution in [3.05, 3.63) is 35.9 Å². The molecule has 0 aliphatic carbocycles. The monoisotopic (exact) mass is 206 g/mol. The molecule has 1 fully saturated rings. The summed E-state index contributed by atoms with van der Waals surface area (Å²) in [5, 5.41) is 0. The van der Waals surface area contributed by atoms with Crippen molar-refractivity contribution in [3.8, 4) is 0 Å². The van der Waals surface area contributed by atoms with E-state index >= 15 is 0 Å². The van der Waals surface area contributed by atoms with Gasteiger partial charge in [0.25, 0.3) is 0 Å². The highest BCUT2D eigenvalue weighted by molar-refractivity contribution is 5.96. The number of hydrogen-bond acceptors (Lipinski definition) is 3. The Morgan fingerprint density at radius 3 is 2.47 bits per heavy atom. The lowest BCUT2D eigenvalue weighted by Crippen LogP contribution is -2.29. The van der Waals surface area contributed by atoms with Gasteiger partial charge in [0.05, 0.1) is 19.6 Å². The summed E-state index contributed by atoms with van der Waals surface area (Å²) >= 11 is 0. The predicted molar refractivity (Wildman–Crippen MR) is 55.7 cm³/mol. The van der Waals surface area contributed by atoms with E-state index in [-0.39, 0.29) is 12.2 Å². The molecule has 0 spiro atoms. The van der Waals surface area contributed by atoms with Gasteiger partial charge in [0.15, 0.2) is 11.6 Å². The molecular weight excluding hydrogens is 192 g/mol. The molecule has 0 saturated carbocycles. The zero-order valence-electron chi connectivity index (χ0n) is 8.73. The van der Waals surface area contributed by atoms with E-state index in [1.165, 1.54) is 0 Å². The Morgan fingerprint density at radius 2 is 1.87 bits per heavy atom. The molecule has 1 aliphatic rings. The second-order valence-corrected chi connectivity index (χ2v) is 3.80. The molecule has 0 atom stereocenters. The zero-order chi connectivity index (χ0) is 10.7. The van der Waals surface area contributed by atoms with Crippen molar-refractivity contribution < 1.29 is 14.3 Å². The molecule has 1 saturated heterocycles. The quantitative estimate of drug-likeness (QED) is 0.710. The number of benzene rings is 1. The van der Waals surface area contributed by atoms with Crippen molar-refractivity contribution >= 4 is 5.78 Å². The molecule has 80 valence electrons. The van der Waals surface area contributed by atoms with E-state index in [9.17, 15) is 4.79 Å². The van der Waals surface area contributed by atoms with Crippen LogP contribution in [0.3, 0.4) is 0 Å². The normalized spacial score (nSPS) is 19.0. The van der Waals surface area contributed by atoms with Crippen LogP contribution in [0.15, 0.2) is 30.3 Å². The molecule has 15 heavy (non-hydrogen) atoms. The van der Waals surface area contributed by atoms with Crippen LogP contribution < -0.4 is 0 Å². The summed E-state index contributed by atoms with van der Waals surface area (Å²) in [6, 6.07) is 9.21. The Labute approximate surface area is 89.0 Å². The first-order valence-electron chi connectivity index (χ1n) is 5.06. The maximum absolute atomic E-state index is 11.8. The summed E-state index contributed by atoms with van der Waals surface area (Å²) in [7, 11) is 0. The van der Waals surface area contributed by atoms with Gasteiger partial charge in [-0.15, -0.1) is 0 Å². The SMILES string of the molecule is CC1(CC(=O)c2ccccc2)OCCO1. The summed E-state index contributed by atoms with van der Waals surface area (Å²) in [5.74, 6) is -0.674. The van der Waals surface area contributed by atoms with E-state index in [1.54, 1.807) is 19.1 Å². The highest BCUT2D eigenvalue weighted by Gasteiger charge is 2.33. The van der Waals surface area contributed by atoms with Gasteiger partial charge < -0.3 is 9.47 Å². The largest absolute Gasteiger partial charge is 0.347 e. The lowest BCUT2D eigenvalue weighted by Gasteiger charge is -2.21. The Hall–Kier alpha value is -1.19. The van der Waals surface area contributed by atoms with Crippen molar-refractivity contribution in [1.29, 1.82) is 0 Å². The number of Topliss-reactive ketones (excluding diaryl/α,β-unsaturated/α-hetero) is 1. The zero-order valence-corrected chi connectivity index (χ0v) is 8.73. The molecule has 1 heterocycles. The lowest BCUT2D eigenvalue weighted by atomic mass is 10.0. The summed E-state index contributed by atoms with van der Waals surface area (Å²) in [5.41, 5.74) is 0.706. The van der Waals surface area contributed by atoms with Crippen molar-refractivity contribution in [1.82, 2.24) is 0 Å². The first kappa shape index (κ1) is 10.3. The minimum absolute atomic E-state index is 0.0556. The average molecular weight is 206 g/mol. The third-order valence-corrected chi connectivity index (χ3v) is 2.48. The molecule has 0 unspecified atom stereocenters. The van der Waals surface area contributed by atoms with E-state index < -0.39 is 5.79 Å². The van der Waals surface area contributed by atoms with E-state index in [0.717, 1.165) is 0 Å². The van der Waals surface area contributed by atoms with E-state index in [4.69, 9.17) is 9.47 Å². The van der Waals surface area contributed by atoms with Crippen LogP contribution in [-0.4, -0.2) is 24.8 Å². The van der Waals surface area contributed by atoms with Crippen molar-refractivity contribution in [2.75, 3.05) is 13.2 Å². The molecule has 0 radical (unpaired) electrons. The molecular formula is C12H14O3. The third-order valence-electron chi connectivity index (χ3n) is 2.48. The molecule has 3 heteroatoms. The molecule has 0 bridgehead atoms. The van der Waals surface area contributed by atoms with Gasteiger partial charge in [-0.3, -0.25) is 4.79 Å². The Morgan fingerprint density at radius 1 is 1.27 bits per heavy atom. The Kier molecular flexibility index (Phi) is 2.84. The number of rotatable bonds is 3. The molecule has 0 amide bonds. The molecule has 0 N–H and O–H groups in total. The smallest absolute Gasteiger partial charge is 0.172 e. The fourth-order valence-corrected chi connectivity index (χ4v) is 1.68. The van der Waals surface area contributed by atoms with Crippen molar-refractivity contribution in [3.63, 3.8) is 0 Å². The van der Waals surface area contributed by atoms with Crippen LogP contribution in [-0.2, 0) is 9.47 Å². The van der Waals surface area contributed by atoms with Crippen LogP contribution in [0.5, 0.6) is 0 Å².